The summed E-state index contributed by atoms with van der Waals surface area (Å²) in [5.74, 6) is -12.0. The third-order valence-corrected chi connectivity index (χ3v) is 20.2. The Labute approximate surface area is 614 Å². The van der Waals surface area contributed by atoms with Crippen molar-refractivity contribution in [3.8, 4) is 5.75 Å². The minimum Gasteiger partial charge on any atom is -0.497 e. The summed E-state index contributed by atoms with van der Waals surface area (Å²) < 4.78 is 36.6. The first-order chi connectivity index (χ1) is 47.7. The number of amides is 11. The summed E-state index contributed by atoms with van der Waals surface area (Å²) in [6, 6.07) is 11.9. The lowest BCUT2D eigenvalue weighted by Crippen LogP contribution is -2.63. The molecule has 5 rings (SSSR count). The molecule has 11 amide bonds. The summed E-state index contributed by atoms with van der Waals surface area (Å²) in [6.45, 7) is 12.7. The SMILES string of the molecule is CC[C@H](C)[C@@H]1NC(=O)[C@H](CC(C)C)N(C)C(=O)C[C@@H](C(=O)N2CCCC(F)(F)C2)N(C)C(=O)[C@H](CC(C)C)NCC(O)C(C)(C)N(C)C(=O)[C@H](Cc2ccc(OC)cc2)NC(=O)[C@H](Cc2cccc(I)c2)NC(=O)CN(C)C(=O)[C@H](Cc2ccc(C)cc2)N(C)C(=O)CN(C)C(=O)CN(C)C1=O. The number of carbonyl (C=O) groups is 11. The molecule has 2 fully saturated rings. The van der Waals surface area contributed by atoms with E-state index in [1.54, 1.807) is 76.2 Å². The van der Waals surface area contributed by atoms with Crippen LogP contribution in [0.25, 0.3) is 0 Å². The standard InChI is InChI=1S/C74H109F2IN12O13/c1-18-48(7)65-72(101)84(12)42-63(93)82(10)43-64(94)86(14)58(38-50-25-23-47(6)24-26-50)70(99)83(11)41-61(91)79-54(37-51-21-19-22-52(77)35-51)66(95)80-56(36-49-27-29-53(102-17)30-28-49)69(98)88(16)73(8,9)60(90)40-78-55(33-45(2)3)68(97)87(15)59(71(100)89-32-20-31-74(75,76)44-89)39-62(92)85(13)57(34-46(4)5)67(96)81-65/h19,21-30,35,45-46,48,54-60,65,78,90H,18,20,31-34,36-44H2,1-17H3,(H,79,91)(H,80,95)(H,81,96)/t48-,54-,55-,56-,57-,58-,59-,60?,65-/m0/s1. The van der Waals surface area contributed by atoms with Gasteiger partial charge in [-0.2, -0.15) is 0 Å². The molecule has 2 aliphatic rings. The van der Waals surface area contributed by atoms with Crippen molar-refractivity contribution in [2.45, 2.75) is 180 Å². The maximum atomic E-state index is 15.3. The van der Waals surface area contributed by atoms with Gasteiger partial charge < -0.3 is 70.3 Å². The first-order valence-corrected chi connectivity index (χ1v) is 36.0. The molecule has 0 radical (unpaired) electrons. The lowest BCUT2D eigenvalue weighted by Gasteiger charge is -2.42. The second-order valence-corrected chi connectivity index (χ2v) is 30.2. The number of methoxy groups -OCH3 is 1. The van der Waals surface area contributed by atoms with Crippen molar-refractivity contribution in [2.24, 2.45) is 17.8 Å². The number of aryl methyl sites for hydroxylation is 1. The first kappa shape index (κ1) is 84.8. The Morgan fingerprint density at radius 3 is 1.80 bits per heavy atom. The molecule has 25 nitrogen and oxygen atoms in total. The number of carbonyl (C=O) groups excluding carboxylic acids is 11. The molecule has 2 aliphatic heterocycles. The lowest BCUT2D eigenvalue weighted by atomic mass is 9.92. The number of rotatable bonds is 14. The molecular weight excluding hydrogens is 1430 g/mol. The number of aliphatic hydroxyl groups is 1. The molecule has 3 aromatic carbocycles. The molecular formula is C74H109F2IN12O13. The van der Waals surface area contributed by atoms with Crippen molar-refractivity contribution in [1.29, 1.82) is 0 Å². The van der Waals surface area contributed by atoms with E-state index in [1.807, 2.05) is 58.9 Å². The van der Waals surface area contributed by atoms with Crippen LogP contribution in [0.15, 0.2) is 72.8 Å². The number of hydrogen-bond donors (Lipinski definition) is 5. The number of alkyl halides is 2. The number of likely N-dealkylation sites (N-methyl/N-ethyl adjacent to an activating group) is 7. The molecule has 0 aliphatic carbocycles. The molecule has 0 saturated carbocycles. The molecule has 102 heavy (non-hydrogen) atoms. The number of likely N-dealkylation sites (tertiary alicyclic amines) is 1. The van der Waals surface area contributed by atoms with Gasteiger partial charge in [0.15, 0.2) is 0 Å². The van der Waals surface area contributed by atoms with Crippen LogP contribution < -0.4 is 26.0 Å². The fourth-order valence-electron chi connectivity index (χ4n) is 12.4. The quantitative estimate of drug-likeness (QED) is 0.141. The molecule has 9 atom stereocenters. The van der Waals surface area contributed by atoms with E-state index in [9.17, 15) is 43.5 Å². The minimum absolute atomic E-state index is 0.0225. The van der Waals surface area contributed by atoms with Gasteiger partial charge in [-0.25, -0.2) is 8.78 Å². The van der Waals surface area contributed by atoms with Crippen molar-refractivity contribution < 1.29 is 71.4 Å². The van der Waals surface area contributed by atoms with Crippen LogP contribution in [0.4, 0.5) is 8.78 Å². The fourth-order valence-corrected chi connectivity index (χ4v) is 13.0. The molecule has 2 heterocycles. The van der Waals surface area contributed by atoms with Crippen LogP contribution in [-0.4, -0.2) is 265 Å². The Balaban J connectivity index is 1.64. The highest BCUT2D eigenvalue weighted by molar-refractivity contribution is 14.1. The molecule has 1 unspecified atom stereocenters. The largest absolute Gasteiger partial charge is 0.497 e. The third-order valence-electron chi connectivity index (χ3n) is 19.6. The van der Waals surface area contributed by atoms with Crippen molar-refractivity contribution in [3.63, 3.8) is 0 Å². The van der Waals surface area contributed by atoms with Crippen molar-refractivity contribution in [3.05, 3.63) is 98.6 Å². The van der Waals surface area contributed by atoms with E-state index >= 15 is 23.2 Å². The number of nitrogens with one attached hydrogen (secondary N) is 4. The van der Waals surface area contributed by atoms with Gasteiger partial charge in [0.05, 0.1) is 57.4 Å². The van der Waals surface area contributed by atoms with Crippen molar-refractivity contribution >= 4 is 87.6 Å². The number of piperidine rings is 1. The number of nitrogens with zero attached hydrogens (tertiary/aromatic N) is 8. The van der Waals surface area contributed by atoms with Crippen LogP contribution in [-0.2, 0) is 72.0 Å². The van der Waals surface area contributed by atoms with Gasteiger partial charge >= 0.3 is 0 Å². The Morgan fingerprint density at radius 2 is 1.22 bits per heavy atom. The summed E-state index contributed by atoms with van der Waals surface area (Å²) in [7, 11) is 11.0. The molecule has 5 N–H and O–H groups in total. The van der Waals surface area contributed by atoms with E-state index in [0.717, 1.165) is 38.5 Å². The van der Waals surface area contributed by atoms with E-state index in [4.69, 9.17) is 4.74 Å². The van der Waals surface area contributed by atoms with Crippen LogP contribution in [0.2, 0.25) is 0 Å². The van der Waals surface area contributed by atoms with Gasteiger partial charge in [0.25, 0.3) is 5.92 Å². The zero-order valence-corrected chi connectivity index (χ0v) is 64.6. The number of β-amino-alcohol motifs (C(OH)–C–C–N with tert-alkyl or cyclic N) is 1. The number of halogens is 3. The zero-order valence-electron chi connectivity index (χ0n) is 62.4. The van der Waals surface area contributed by atoms with Gasteiger partial charge in [-0.1, -0.05) is 102 Å². The Kier molecular flexibility index (Phi) is 31.6. The summed E-state index contributed by atoms with van der Waals surface area (Å²) in [4.78, 5) is 171. The van der Waals surface area contributed by atoms with Crippen LogP contribution in [0.5, 0.6) is 5.75 Å². The first-order valence-electron chi connectivity index (χ1n) is 34.9. The number of hydrogen-bond acceptors (Lipinski definition) is 14. The smallest absolute Gasteiger partial charge is 0.265 e. The second kappa shape index (κ2) is 38.1. The topological polar surface area (TPSA) is 291 Å². The maximum Gasteiger partial charge on any atom is 0.265 e. The molecule has 3 aromatic rings. The zero-order chi connectivity index (χ0) is 76.4. The van der Waals surface area contributed by atoms with Gasteiger partial charge in [-0.3, -0.25) is 52.7 Å². The summed E-state index contributed by atoms with van der Waals surface area (Å²) >= 11 is 2.12. The van der Waals surface area contributed by atoms with E-state index in [1.165, 1.54) is 66.2 Å². The Bertz CT molecular complexity index is 3420. The highest BCUT2D eigenvalue weighted by Crippen LogP contribution is 2.29. The number of ether oxygens (including phenoxy) is 1. The Hall–Kier alpha value is -7.86. The van der Waals surface area contributed by atoms with E-state index < -0.39 is 170 Å². The highest BCUT2D eigenvalue weighted by atomic mass is 127. The normalized spacial score (nSPS) is 24.4. The lowest BCUT2D eigenvalue weighted by molar-refractivity contribution is -0.155. The number of benzene rings is 3. The van der Waals surface area contributed by atoms with Crippen LogP contribution in [0.1, 0.15) is 116 Å². The summed E-state index contributed by atoms with van der Waals surface area (Å²) in [6.07, 6.45) is -2.50. The van der Waals surface area contributed by atoms with Crippen molar-refractivity contribution in [2.75, 3.05) is 95.7 Å². The summed E-state index contributed by atoms with van der Waals surface area (Å²) in [5.41, 5.74) is 1.32. The van der Waals surface area contributed by atoms with Crippen LogP contribution in [0, 0.1) is 28.2 Å². The van der Waals surface area contributed by atoms with Gasteiger partial charge in [0.2, 0.25) is 65.0 Å². The molecule has 0 spiro atoms. The van der Waals surface area contributed by atoms with E-state index in [2.05, 4.69) is 43.9 Å². The van der Waals surface area contributed by atoms with Crippen molar-refractivity contribution in [1.82, 2.24) is 60.5 Å². The third kappa shape index (κ3) is 23.8. The molecule has 0 bridgehead atoms. The summed E-state index contributed by atoms with van der Waals surface area (Å²) in [5, 5.41) is 24.0. The molecule has 0 aromatic heterocycles. The second-order valence-electron chi connectivity index (χ2n) is 29.0. The van der Waals surface area contributed by atoms with Crippen LogP contribution in [0.3, 0.4) is 0 Å². The predicted octanol–water partition coefficient (Wildman–Crippen LogP) is 4.30. The number of aliphatic hydroxyl groups excluding tert-OH is 1. The maximum absolute atomic E-state index is 15.3. The van der Waals surface area contributed by atoms with Gasteiger partial charge in [-0.05, 0) is 121 Å². The average molecular weight is 1540 g/mol. The van der Waals surface area contributed by atoms with Gasteiger partial charge in [0, 0.05) is 91.7 Å². The fraction of sp³-hybridized carbons (Fsp3) is 0.608. The van der Waals surface area contributed by atoms with Gasteiger partial charge in [-0.15, -0.1) is 0 Å². The molecule has 2 saturated heterocycles. The predicted molar refractivity (Wildman–Crippen MR) is 391 cm³/mol. The monoisotopic (exact) mass is 1540 g/mol. The van der Waals surface area contributed by atoms with E-state index in [-0.39, 0.29) is 63.5 Å². The molecule has 564 valence electrons. The highest BCUT2D eigenvalue weighted by Gasteiger charge is 2.45. The van der Waals surface area contributed by atoms with Gasteiger partial charge in [0.1, 0.15) is 42.0 Å². The average Bonchev–Trinajstić information content (AvgIpc) is 0.810. The minimum atomic E-state index is -3.28. The Morgan fingerprint density at radius 1 is 0.637 bits per heavy atom. The van der Waals surface area contributed by atoms with Crippen LogP contribution >= 0.6 is 22.6 Å². The molecule has 28 heteroatoms. The van der Waals surface area contributed by atoms with E-state index in [0.29, 0.717) is 28.9 Å².